The molecule has 0 aliphatic rings. The molecule has 2 heterocycles. The largest absolute Gasteiger partial charge is 0.480 e. The van der Waals surface area contributed by atoms with Gasteiger partial charge in [0.1, 0.15) is 11.4 Å². The Morgan fingerprint density at radius 3 is 2.46 bits per heavy atom. The summed E-state index contributed by atoms with van der Waals surface area (Å²) in [4.78, 5) is 22.8. The molecule has 26 heavy (non-hydrogen) atoms. The van der Waals surface area contributed by atoms with Gasteiger partial charge in [0.25, 0.3) is 5.91 Å². The molecule has 0 aliphatic heterocycles. The molecule has 146 valence electrons. The highest BCUT2D eigenvalue weighted by atomic mass is 35.5. The first-order valence-corrected chi connectivity index (χ1v) is 9.10. The topological polar surface area (TPSA) is 99.4 Å². The molecule has 0 unspecified atom stereocenters. The second kappa shape index (κ2) is 9.45. The summed E-state index contributed by atoms with van der Waals surface area (Å²) in [6.07, 6.45) is 1.60. The molecule has 0 fully saturated rings. The minimum Gasteiger partial charge on any atom is -0.480 e. The average Bonchev–Trinajstić information content (AvgIpc) is 2.96. The lowest BCUT2D eigenvalue weighted by Gasteiger charge is -2.26. The summed E-state index contributed by atoms with van der Waals surface area (Å²) in [6, 6.07) is 0. The number of hydrogen-bond donors (Lipinski definition) is 2. The summed E-state index contributed by atoms with van der Waals surface area (Å²) < 4.78 is 10.5. The van der Waals surface area contributed by atoms with E-state index < -0.39 is 0 Å². The summed E-state index contributed by atoms with van der Waals surface area (Å²) in [7, 11) is 3.14. The van der Waals surface area contributed by atoms with E-state index in [1.165, 1.54) is 11.3 Å². The number of ether oxygens (including phenoxy) is 2. The Labute approximate surface area is 164 Å². The van der Waals surface area contributed by atoms with Crippen LogP contribution in [-0.2, 0) is 11.3 Å². The maximum atomic E-state index is 12.7. The van der Waals surface area contributed by atoms with Crippen molar-refractivity contribution in [3.8, 4) is 5.88 Å². The average molecular weight is 403 g/mol. The smallest absolute Gasteiger partial charge is 0.261 e. The van der Waals surface area contributed by atoms with Crippen molar-refractivity contribution in [1.29, 1.82) is 0 Å². The van der Waals surface area contributed by atoms with Gasteiger partial charge in [0.05, 0.1) is 17.4 Å². The van der Waals surface area contributed by atoms with Crippen LogP contribution in [0, 0.1) is 6.92 Å². The van der Waals surface area contributed by atoms with Crippen LogP contribution < -0.4 is 15.8 Å². The molecule has 9 heteroatoms. The number of thiophene rings is 1. The van der Waals surface area contributed by atoms with Gasteiger partial charge in [-0.2, -0.15) is 4.98 Å². The van der Waals surface area contributed by atoms with E-state index in [9.17, 15) is 4.79 Å². The van der Waals surface area contributed by atoms with Crippen molar-refractivity contribution < 1.29 is 14.3 Å². The van der Waals surface area contributed by atoms with Gasteiger partial charge in [-0.1, -0.05) is 13.8 Å². The molecule has 2 rings (SSSR count). The molecule has 0 saturated carbocycles. The molecular weight excluding hydrogens is 376 g/mol. The van der Waals surface area contributed by atoms with Crippen molar-refractivity contribution in [2.75, 3.05) is 20.8 Å². The third-order valence-corrected chi connectivity index (χ3v) is 5.67. The van der Waals surface area contributed by atoms with E-state index in [2.05, 4.69) is 15.3 Å². The number of carbonyl (C=O) groups excluding carboxylic acids is 1. The normalized spacial score (nSPS) is 11.3. The first kappa shape index (κ1) is 22.6. The maximum Gasteiger partial charge on any atom is 0.261 e. The Bertz CT molecular complexity index is 762. The van der Waals surface area contributed by atoms with Crippen LogP contribution in [0.4, 0.5) is 0 Å². The van der Waals surface area contributed by atoms with E-state index in [1.54, 1.807) is 14.2 Å². The van der Waals surface area contributed by atoms with E-state index in [0.717, 1.165) is 23.8 Å². The van der Waals surface area contributed by atoms with Crippen LogP contribution in [0.25, 0.3) is 10.2 Å². The van der Waals surface area contributed by atoms with Crippen LogP contribution in [0.1, 0.15) is 47.7 Å². The van der Waals surface area contributed by atoms with E-state index in [4.69, 9.17) is 15.2 Å². The number of amides is 1. The number of fused-ring (bicyclic) bond motifs is 1. The molecule has 1 amide bonds. The molecule has 0 aliphatic carbocycles. The summed E-state index contributed by atoms with van der Waals surface area (Å²) in [6.45, 7) is 6.65. The number of nitrogens with two attached hydrogens (primary N) is 1. The Balaban J connectivity index is 0.00000338. The molecule has 3 N–H and O–H groups in total. The van der Waals surface area contributed by atoms with Crippen molar-refractivity contribution >= 4 is 39.9 Å². The molecule has 7 nitrogen and oxygen atoms in total. The Morgan fingerprint density at radius 2 is 1.92 bits per heavy atom. The van der Waals surface area contributed by atoms with Gasteiger partial charge in [0.2, 0.25) is 5.88 Å². The summed E-state index contributed by atoms with van der Waals surface area (Å²) in [5, 5.41) is 3.72. The minimum absolute atomic E-state index is 0. The highest BCUT2D eigenvalue weighted by Gasteiger charge is 2.24. The van der Waals surface area contributed by atoms with Crippen LogP contribution >= 0.6 is 23.7 Å². The van der Waals surface area contributed by atoms with Gasteiger partial charge in [-0.3, -0.25) is 4.79 Å². The zero-order valence-corrected chi connectivity index (χ0v) is 17.5. The molecule has 0 saturated heterocycles. The number of carbonyl (C=O) groups is 1. The van der Waals surface area contributed by atoms with Crippen LogP contribution in [0.15, 0.2) is 0 Å². The third-order valence-electron chi connectivity index (χ3n) is 4.49. The Kier molecular flexibility index (Phi) is 8.20. The number of nitrogens with zero attached hydrogens (tertiary/aromatic N) is 2. The standard InChI is InChI=1S/C17H26N4O3S.ClH/c1-6-17(18,7-2)9-19-14(22)13-10(3)12-15(24-5)20-11(8-23-4)21-16(12)25-13;/h6-9,18H2,1-5H3,(H,19,22);1H. The first-order valence-electron chi connectivity index (χ1n) is 8.29. The lowest BCUT2D eigenvalue weighted by atomic mass is 9.94. The van der Waals surface area contributed by atoms with Gasteiger partial charge in [-0.15, -0.1) is 23.7 Å². The van der Waals surface area contributed by atoms with E-state index in [1.807, 2.05) is 20.8 Å². The van der Waals surface area contributed by atoms with Crippen molar-refractivity contribution in [1.82, 2.24) is 15.3 Å². The molecule has 2 aromatic heterocycles. The molecule has 0 aromatic carbocycles. The number of nitrogens with one attached hydrogen (secondary N) is 1. The molecule has 0 bridgehead atoms. The van der Waals surface area contributed by atoms with Crippen molar-refractivity contribution in [3.63, 3.8) is 0 Å². The SMILES string of the molecule is CCC(N)(CC)CNC(=O)c1sc2nc(COC)nc(OC)c2c1C.Cl. The number of hydrogen-bond acceptors (Lipinski definition) is 7. The molecule has 2 aromatic rings. The van der Waals surface area contributed by atoms with Gasteiger partial charge < -0.3 is 20.5 Å². The second-order valence-electron chi connectivity index (χ2n) is 6.07. The molecule has 0 radical (unpaired) electrons. The first-order chi connectivity index (χ1) is 11.9. The number of halogens is 1. The van der Waals surface area contributed by atoms with Gasteiger partial charge >= 0.3 is 0 Å². The lowest BCUT2D eigenvalue weighted by Crippen LogP contribution is -2.49. The zero-order chi connectivity index (χ0) is 18.6. The van der Waals surface area contributed by atoms with Crippen molar-refractivity contribution in [2.24, 2.45) is 5.73 Å². The van der Waals surface area contributed by atoms with Crippen LogP contribution in [0.5, 0.6) is 5.88 Å². The Morgan fingerprint density at radius 1 is 1.27 bits per heavy atom. The van der Waals surface area contributed by atoms with Gasteiger partial charge in [-0.25, -0.2) is 4.98 Å². The number of aromatic nitrogens is 2. The predicted octanol–water partition coefficient (Wildman–Crippen LogP) is 2.82. The highest BCUT2D eigenvalue weighted by Crippen LogP contribution is 2.35. The molecular formula is C17H27ClN4O3S. The van der Waals surface area contributed by atoms with Crippen LogP contribution in [-0.4, -0.2) is 42.2 Å². The second-order valence-corrected chi connectivity index (χ2v) is 7.07. The number of aryl methyl sites for hydroxylation is 1. The zero-order valence-electron chi connectivity index (χ0n) is 15.8. The fourth-order valence-electron chi connectivity index (χ4n) is 2.54. The predicted molar refractivity (Wildman–Crippen MR) is 106 cm³/mol. The maximum absolute atomic E-state index is 12.7. The Hall–Kier alpha value is -1.48. The van der Waals surface area contributed by atoms with E-state index >= 15 is 0 Å². The summed E-state index contributed by atoms with van der Waals surface area (Å²) in [5.41, 5.74) is 6.70. The third kappa shape index (κ3) is 4.62. The highest BCUT2D eigenvalue weighted by molar-refractivity contribution is 7.20. The lowest BCUT2D eigenvalue weighted by molar-refractivity contribution is 0.0946. The fraction of sp³-hybridized carbons (Fsp3) is 0.588. The fourth-order valence-corrected chi connectivity index (χ4v) is 3.65. The van der Waals surface area contributed by atoms with Crippen LogP contribution in [0.2, 0.25) is 0 Å². The summed E-state index contributed by atoms with van der Waals surface area (Å²) in [5.74, 6) is 0.839. The van der Waals surface area contributed by atoms with E-state index in [0.29, 0.717) is 28.0 Å². The summed E-state index contributed by atoms with van der Waals surface area (Å²) >= 11 is 1.33. The number of rotatable bonds is 8. The minimum atomic E-state index is -0.386. The molecule has 0 atom stereocenters. The monoisotopic (exact) mass is 402 g/mol. The van der Waals surface area contributed by atoms with E-state index in [-0.39, 0.29) is 30.5 Å². The quantitative estimate of drug-likeness (QED) is 0.704. The van der Waals surface area contributed by atoms with Gasteiger partial charge in [0, 0.05) is 19.2 Å². The van der Waals surface area contributed by atoms with Gasteiger partial charge in [-0.05, 0) is 25.3 Å². The van der Waals surface area contributed by atoms with Gasteiger partial charge in [0.15, 0.2) is 5.82 Å². The number of methoxy groups -OCH3 is 2. The van der Waals surface area contributed by atoms with Crippen molar-refractivity contribution in [2.45, 2.75) is 45.8 Å². The van der Waals surface area contributed by atoms with Crippen molar-refractivity contribution in [3.05, 3.63) is 16.3 Å². The molecule has 0 spiro atoms. The van der Waals surface area contributed by atoms with Crippen LogP contribution in [0.3, 0.4) is 0 Å².